The van der Waals surface area contributed by atoms with Crippen molar-refractivity contribution in [2.75, 3.05) is 23.0 Å². The average Bonchev–Trinajstić information content (AvgIpc) is 3.25. The van der Waals surface area contributed by atoms with E-state index in [-0.39, 0.29) is 12.5 Å². The molecule has 1 atom stereocenters. The highest BCUT2D eigenvalue weighted by Gasteiger charge is 2.36. The van der Waals surface area contributed by atoms with Crippen LogP contribution in [0.3, 0.4) is 0 Å². The van der Waals surface area contributed by atoms with E-state index < -0.39 is 11.9 Å². The van der Waals surface area contributed by atoms with Crippen molar-refractivity contribution in [3.8, 4) is 0 Å². The van der Waals surface area contributed by atoms with Gasteiger partial charge >= 0.3 is 5.97 Å². The van der Waals surface area contributed by atoms with Gasteiger partial charge in [-0.05, 0) is 42.8 Å². The first-order valence-corrected chi connectivity index (χ1v) is 8.60. The lowest BCUT2D eigenvalue weighted by Gasteiger charge is -2.18. The fourth-order valence-electron chi connectivity index (χ4n) is 3.50. The number of fused-ring (bicyclic) bond motifs is 1. The summed E-state index contributed by atoms with van der Waals surface area (Å²) in [5.74, 6) is -1.78. The number of hydrazone groups is 1. The van der Waals surface area contributed by atoms with Crippen LogP contribution in [0.5, 0.6) is 0 Å². The van der Waals surface area contributed by atoms with Crippen molar-refractivity contribution < 1.29 is 14.7 Å². The smallest absolute Gasteiger partial charge is 0.312 e. The van der Waals surface area contributed by atoms with Gasteiger partial charge in [0, 0.05) is 36.5 Å². The van der Waals surface area contributed by atoms with E-state index in [0.717, 1.165) is 24.4 Å². The molecule has 2 heterocycles. The Morgan fingerprint density at radius 2 is 1.85 bits per heavy atom. The van der Waals surface area contributed by atoms with Gasteiger partial charge in [0.15, 0.2) is 0 Å². The molecular weight excluding hydrogens is 330 g/mol. The Bertz CT molecular complexity index is 905. The minimum absolute atomic E-state index is 0.158. The van der Waals surface area contributed by atoms with Crippen LogP contribution in [0.2, 0.25) is 0 Å². The van der Waals surface area contributed by atoms with Crippen LogP contribution < -0.4 is 9.91 Å². The molecule has 6 heteroatoms. The van der Waals surface area contributed by atoms with Gasteiger partial charge in [-0.15, -0.1) is 0 Å². The number of hydrogen-bond donors (Lipinski definition) is 1. The number of nitrogens with zero attached hydrogens (tertiary/aromatic N) is 3. The normalized spacial score (nSPS) is 18.7. The highest BCUT2D eigenvalue weighted by atomic mass is 16.4. The largest absolute Gasteiger partial charge is 0.481 e. The van der Waals surface area contributed by atoms with Gasteiger partial charge in [-0.1, -0.05) is 18.2 Å². The SMILES string of the molecule is CC1=NN(c2ccc(C(=O)N3C[C@H](C(=O)O)c4ccccc43)cc2)CC1. The summed E-state index contributed by atoms with van der Waals surface area (Å²) in [7, 11) is 0. The molecule has 2 aromatic rings. The maximum absolute atomic E-state index is 13.0. The topological polar surface area (TPSA) is 73.2 Å². The number of carbonyl (C=O) groups is 2. The Kier molecular flexibility index (Phi) is 3.95. The van der Waals surface area contributed by atoms with Gasteiger partial charge in [-0.2, -0.15) is 5.10 Å². The van der Waals surface area contributed by atoms with E-state index in [1.165, 1.54) is 0 Å². The summed E-state index contributed by atoms with van der Waals surface area (Å²) in [5.41, 5.74) is 3.94. The molecule has 0 bridgehead atoms. The van der Waals surface area contributed by atoms with Crippen molar-refractivity contribution in [1.82, 2.24) is 0 Å². The van der Waals surface area contributed by atoms with Gasteiger partial charge in [0.05, 0.1) is 5.69 Å². The third kappa shape index (κ3) is 2.73. The van der Waals surface area contributed by atoms with Crippen molar-refractivity contribution in [1.29, 1.82) is 0 Å². The lowest BCUT2D eigenvalue weighted by Crippen LogP contribution is -2.31. The Hall–Kier alpha value is -3.15. The first-order chi connectivity index (χ1) is 12.5. The lowest BCUT2D eigenvalue weighted by atomic mass is 10.0. The molecule has 0 radical (unpaired) electrons. The standard InChI is InChI=1S/C20H19N3O3/c1-13-10-11-23(21-13)15-8-6-14(7-9-15)19(24)22-12-17(20(25)26)16-4-2-3-5-18(16)22/h2-9,17H,10-12H2,1H3,(H,25,26)/t17-/m0/s1. The van der Waals surface area contributed by atoms with Gasteiger partial charge in [0.25, 0.3) is 5.91 Å². The maximum atomic E-state index is 13.0. The monoisotopic (exact) mass is 349 g/mol. The molecule has 1 N–H and O–H groups in total. The zero-order valence-electron chi connectivity index (χ0n) is 14.4. The number of hydrogen-bond acceptors (Lipinski definition) is 4. The Morgan fingerprint density at radius 1 is 1.12 bits per heavy atom. The van der Waals surface area contributed by atoms with Crippen LogP contribution in [0, 0.1) is 0 Å². The van der Waals surface area contributed by atoms with Gasteiger partial charge in [-0.3, -0.25) is 14.6 Å². The van der Waals surface area contributed by atoms with Crippen molar-refractivity contribution >= 4 is 29.0 Å². The molecule has 0 saturated heterocycles. The summed E-state index contributed by atoms with van der Waals surface area (Å²) >= 11 is 0. The molecule has 4 rings (SSSR count). The van der Waals surface area contributed by atoms with Crippen molar-refractivity contribution in [2.45, 2.75) is 19.3 Å². The number of carbonyl (C=O) groups excluding carboxylic acids is 1. The molecule has 0 aliphatic carbocycles. The van der Waals surface area contributed by atoms with E-state index >= 15 is 0 Å². The summed E-state index contributed by atoms with van der Waals surface area (Å²) in [5, 5.41) is 15.8. The first kappa shape index (κ1) is 16.3. The van der Waals surface area contributed by atoms with Crippen LogP contribution in [0.4, 0.5) is 11.4 Å². The number of para-hydroxylation sites is 1. The Balaban J connectivity index is 1.59. The molecule has 0 aromatic heterocycles. The minimum atomic E-state index is -0.912. The van der Waals surface area contributed by atoms with Gasteiger partial charge < -0.3 is 10.0 Å². The number of carboxylic acids is 1. The highest BCUT2D eigenvalue weighted by Crippen LogP contribution is 2.37. The van der Waals surface area contributed by atoms with Crippen LogP contribution in [0.25, 0.3) is 0 Å². The number of rotatable bonds is 3. The van der Waals surface area contributed by atoms with Crippen LogP contribution in [-0.2, 0) is 4.79 Å². The Morgan fingerprint density at radius 3 is 2.50 bits per heavy atom. The summed E-state index contributed by atoms with van der Waals surface area (Å²) in [4.78, 5) is 26.0. The van der Waals surface area contributed by atoms with Crippen molar-refractivity contribution in [3.05, 3.63) is 59.7 Å². The van der Waals surface area contributed by atoms with E-state index in [0.29, 0.717) is 16.8 Å². The fourth-order valence-corrected chi connectivity index (χ4v) is 3.50. The van der Waals surface area contributed by atoms with Crippen LogP contribution in [0.15, 0.2) is 53.6 Å². The predicted molar refractivity (Wildman–Crippen MR) is 100 cm³/mol. The summed E-state index contributed by atoms with van der Waals surface area (Å²) in [6, 6.07) is 14.5. The molecule has 2 aliphatic heterocycles. The van der Waals surface area contributed by atoms with Crippen LogP contribution >= 0.6 is 0 Å². The third-order valence-corrected chi connectivity index (χ3v) is 4.90. The molecule has 2 aliphatic rings. The summed E-state index contributed by atoms with van der Waals surface area (Å²) in [6.45, 7) is 3.01. The maximum Gasteiger partial charge on any atom is 0.312 e. The zero-order chi connectivity index (χ0) is 18.3. The second-order valence-corrected chi connectivity index (χ2v) is 6.62. The number of carboxylic acid groups (broad SMARTS) is 1. The average molecular weight is 349 g/mol. The third-order valence-electron chi connectivity index (χ3n) is 4.90. The number of anilines is 2. The molecule has 132 valence electrons. The van der Waals surface area contributed by atoms with E-state index in [2.05, 4.69) is 5.10 Å². The lowest BCUT2D eigenvalue weighted by molar-refractivity contribution is -0.138. The molecule has 0 saturated carbocycles. The molecule has 2 aromatic carbocycles. The number of benzene rings is 2. The van der Waals surface area contributed by atoms with Crippen LogP contribution in [0.1, 0.15) is 35.2 Å². The molecular formula is C20H19N3O3. The molecule has 1 amide bonds. The number of amides is 1. The molecule has 0 fully saturated rings. The molecule has 6 nitrogen and oxygen atoms in total. The van der Waals surface area contributed by atoms with E-state index in [9.17, 15) is 14.7 Å². The molecule has 0 spiro atoms. The van der Waals surface area contributed by atoms with Gasteiger partial charge in [0.1, 0.15) is 5.92 Å². The van der Waals surface area contributed by atoms with Gasteiger partial charge in [0.2, 0.25) is 0 Å². The molecule has 0 unspecified atom stereocenters. The van der Waals surface area contributed by atoms with Crippen LogP contribution in [-0.4, -0.2) is 35.8 Å². The van der Waals surface area contributed by atoms with E-state index in [4.69, 9.17) is 0 Å². The van der Waals surface area contributed by atoms with Crippen molar-refractivity contribution in [2.24, 2.45) is 5.10 Å². The predicted octanol–water partition coefficient (Wildman–Crippen LogP) is 3.10. The second kappa shape index (κ2) is 6.29. The van der Waals surface area contributed by atoms with Crippen molar-refractivity contribution in [3.63, 3.8) is 0 Å². The fraction of sp³-hybridized carbons (Fsp3) is 0.250. The first-order valence-electron chi connectivity index (χ1n) is 8.60. The van der Waals surface area contributed by atoms with E-state index in [1.807, 2.05) is 30.1 Å². The Labute approximate surface area is 151 Å². The second-order valence-electron chi connectivity index (χ2n) is 6.62. The summed E-state index contributed by atoms with van der Waals surface area (Å²) in [6.07, 6.45) is 0.946. The number of aliphatic carboxylic acids is 1. The quantitative estimate of drug-likeness (QED) is 0.924. The zero-order valence-corrected chi connectivity index (χ0v) is 14.4. The summed E-state index contributed by atoms with van der Waals surface area (Å²) < 4.78 is 0. The van der Waals surface area contributed by atoms with E-state index in [1.54, 1.807) is 35.2 Å². The molecule has 26 heavy (non-hydrogen) atoms. The highest BCUT2D eigenvalue weighted by molar-refractivity contribution is 6.09. The minimum Gasteiger partial charge on any atom is -0.481 e. The van der Waals surface area contributed by atoms with Gasteiger partial charge in [-0.25, -0.2) is 0 Å².